The fraction of sp³-hybridized carbons (Fsp3) is 0.550. The van der Waals surface area contributed by atoms with Crippen LogP contribution in [0.1, 0.15) is 53.9 Å². The molecule has 1 rings (SSSR count). The summed E-state index contributed by atoms with van der Waals surface area (Å²) >= 11 is 0. The van der Waals surface area contributed by atoms with Gasteiger partial charge in [-0.1, -0.05) is 19.9 Å². The van der Waals surface area contributed by atoms with Crippen LogP contribution in [0.3, 0.4) is 0 Å². The Morgan fingerprint density at radius 2 is 1.63 bits per heavy atom. The molecule has 3 N–H and O–H groups in total. The summed E-state index contributed by atoms with van der Waals surface area (Å²) in [5.41, 5.74) is 0.641. The monoisotopic (exact) mass is 377 g/mol. The molecule has 0 aliphatic rings. The van der Waals surface area contributed by atoms with Crippen LogP contribution in [0, 0.1) is 5.92 Å². The molecule has 0 aromatic heterocycles. The zero-order chi connectivity index (χ0) is 20.4. The molecule has 0 heterocycles. The Kier molecular flexibility index (Phi) is 8.78. The van der Waals surface area contributed by atoms with E-state index in [9.17, 15) is 14.4 Å². The second kappa shape index (κ2) is 10.5. The van der Waals surface area contributed by atoms with Crippen LogP contribution in [0.4, 0.5) is 16.2 Å². The van der Waals surface area contributed by atoms with Crippen molar-refractivity contribution in [3.05, 3.63) is 24.3 Å². The summed E-state index contributed by atoms with van der Waals surface area (Å²) in [5, 5.41) is 8.17. The second-order valence-corrected chi connectivity index (χ2v) is 7.31. The van der Waals surface area contributed by atoms with Crippen LogP contribution in [0.25, 0.3) is 0 Å². The van der Waals surface area contributed by atoms with Gasteiger partial charge in [0, 0.05) is 30.3 Å². The molecule has 0 saturated heterocycles. The molecule has 0 aliphatic heterocycles. The number of hydrogen-bond acceptors (Lipinski definition) is 4. The summed E-state index contributed by atoms with van der Waals surface area (Å²) < 4.78 is 5.11. The molecule has 0 radical (unpaired) electrons. The normalized spacial score (nSPS) is 11.0. The number of rotatable bonds is 8. The highest BCUT2D eigenvalue weighted by atomic mass is 16.6. The van der Waals surface area contributed by atoms with Crippen molar-refractivity contribution in [2.45, 2.75) is 59.5 Å². The number of nitrogens with one attached hydrogen (secondary N) is 3. The summed E-state index contributed by atoms with van der Waals surface area (Å²) in [6.07, 6.45) is 1.12. The van der Waals surface area contributed by atoms with Gasteiger partial charge in [-0.05, 0) is 51.8 Å². The Morgan fingerprint density at radius 3 is 2.19 bits per heavy atom. The number of carbonyl (C=O) groups excluding carboxylic acids is 3. The van der Waals surface area contributed by atoms with Crippen LogP contribution in [-0.4, -0.2) is 30.1 Å². The molecule has 3 amide bonds. The molecule has 7 nitrogen and oxygen atoms in total. The highest BCUT2D eigenvalue weighted by molar-refractivity contribution is 5.95. The number of benzene rings is 1. The van der Waals surface area contributed by atoms with E-state index in [0.717, 1.165) is 12.8 Å². The van der Waals surface area contributed by atoms with Crippen LogP contribution in [-0.2, 0) is 14.3 Å². The van der Waals surface area contributed by atoms with Crippen LogP contribution < -0.4 is 16.0 Å². The first-order chi connectivity index (χ1) is 12.6. The van der Waals surface area contributed by atoms with Crippen molar-refractivity contribution in [1.82, 2.24) is 5.32 Å². The molecule has 150 valence electrons. The smallest absolute Gasteiger partial charge is 0.407 e. The minimum atomic E-state index is -0.578. The van der Waals surface area contributed by atoms with Gasteiger partial charge in [0.2, 0.25) is 11.8 Å². The fourth-order valence-electron chi connectivity index (χ4n) is 2.39. The van der Waals surface area contributed by atoms with E-state index in [0.29, 0.717) is 11.4 Å². The minimum Gasteiger partial charge on any atom is -0.444 e. The first-order valence-electron chi connectivity index (χ1n) is 9.32. The first kappa shape index (κ1) is 22.5. The van der Waals surface area contributed by atoms with Gasteiger partial charge in [-0.3, -0.25) is 9.59 Å². The van der Waals surface area contributed by atoms with Gasteiger partial charge in [0.25, 0.3) is 0 Å². The lowest BCUT2D eigenvalue weighted by Crippen LogP contribution is -2.34. The molecule has 27 heavy (non-hydrogen) atoms. The Labute approximate surface area is 161 Å². The maximum Gasteiger partial charge on any atom is 0.407 e. The highest BCUT2D eigenvalue weighted by Crippen LogP contribution is 2.18. The van der Waals surface area contributed by atoms with Gasteiger partial charge in [0.15, 0.2) is 0 Å². The van der Waals surface area contributed by atoms with Crippen LogP contribution in [0.5, 0.6) is 0 Å². The molecule has 0 fully saturated rings. The number of anilines is 2. The molecule has 0 bridgehead atoms. The summed E-state index contributed by atoms with van der Waals surface area (Å²) in [6.45, 7) is 9.45. The third kappa shape index (κ3) is 9.08. The molecule has 1 aromatic carbocycles. The van der Waals surface area contributed by atoms with E-state index < -0.39 is 11.7 Å². The Balaban J connectivity index is 2.49. The molecular formula is C20H31N3O4. The molecule has 7 heteroatoms. The largest absolute Gasteiger partial charge is 0.444 e. The van der Waals surface area contributed by atoms with E-state index >= 15 is 0 Å². The number of amides is 3. The molecule has 0 saturated carbocycles. The van der Waals surface area contributed by atoms with Crippen molar-refractivity contribution >= 4 is 29.3 Å². The van der Waals surface area contributed by atoms with Gasteiger partial charge in [-0.2, -0.15) is 0 Å². The predicted molar refractivity (Wildman–Crippen MR) is 107 cm³/mol. The van der Waals surface area contributed by atoms with Crippen LogP contribution in [0.2, 0.25) is 0 Å². The first-order valence-corrected chi connectivity index (χ1v) is 9.32. The van der Waals surface area contributed by atoms with Crippen LogP contribution in [0.15, 0.2) is 24.3 Å². The van der Waals surface area contributed by atoms with E-state index in [1.54, 1.807) is 45.0 Å². The average molecular weight is 377 g/mol. The number of alkyl carbamates (subject to hydrolysis) is 1. The molecular weight excluding hydrogens is 346 g/mol. The quantitative estimate of drug-likeness (QED) is 0.640. The van der Waals surface area contributed by atoms with E-state index in [-0.39, 0.29) is 30.7 Å². The van der Waals surface area contributed by atoms with Gasteiger partial charge in [-0.25, -0.2) is 4.79 Å². The van der Waals surface area contributed by atoms with Crippen molar-refractivity contribution in [1.29, 1.82) is 0 Å². The SMILES string of the molecule is CCC(CC)C(=O)Nc1cccc(NC(=O)CCNC(=O)OC(C)(C)C)c1. The van der Waals surface area contributed by atoms with Gasteiger partial charge in [0.1, 0.15) is 5.60 Å². The third-order valence-electron chi connectivity index (χ3n) is 3.79. The van der Waals surface area contributed by atoms with Gasteiger partial charge < -0.3 is 20.7 Å². The average Bonchev–Trinajstić information content (AvgIpc) is 2.54. The summed E-state index contributed by atoms with van der Waals surface area (Å²) in [4.78, 5) is 35.7. The van der Waals surface area contributed by atoms with E-state index in [2.05, 4.69) is 16.0 Å². The van der Waals surface area contributed by atoms with Crippen molar-refractivity contribution in [3.63, 3.8) is 0 Å². The Bertz CT molecular complexity index is 649. The molecule has 0 spiro atoms. The fourth-order valence-corrected chi connectivity index (χ4v) is 2.39. The van der Waals surface area contributed by atoms with Crippen molar-refractivity contribution < 1.29 is 19.1 Å². The molecule has 1 aromatic rings. The third-order valence-corrected chi connectivity index (χ3v) is 3.79. The second-order valence-electron chi connectivity index (χ2n) is 7.31. The Hall–Kier alpha value is -2.57. The maximum absolute atomic E-state index is 12.2. The van der Waals surface area contributed by atoms with Crippen molar-refractivity contribution in [2.24, 2.45) is 5.92 Å². The van der Waals surface area contributed by atoms with Crippen LogP contribution >= 0.6 is 0 Å². The highest BCUT2D eigenvalue weighted by Gasteiger charge is 2.16. The predicted octanol–water partition coefficient (Wildman–Crippen LogP) is 3.91. The van der Waals surface area contributed by atoms with Gasteiger partial charge in [0.05, 0.1) is 0 Å². The zero-order valence-electron chi connectivity index (χ0n) is 16.8. The standard InChI is InChI=1S/C20H31N3O4/c1-6-14(7-2)18(25)23-16-10-8-9-15(13-16)22-17(24)11-12-21-19(26)27-20(3,4)5/h8-10,13-14H,6-7,11-12H2,1-5H3,(H,21,26)(H,22,24)(H,23,25). The number of carbonyl (C=O) groups is 3. The van der Waals surface area contributed by atoms with E-state index in [4.69, 9.17) is 4.74 Å². The Morgan fingerprint density at radius 1 is 1.04 bits per heavy atom. The lowest BCUT2D eigenvalue weighted by atomic mass is 10.0. The minimum absolute atomic E-state index is 0.0231. The van der Waals surface area contributed by atoms with Gasteiger partial charge >= 0.3 is 6.09 Å². The maximum atomic E-state index is 12.2. The number of ether oxygens (including phenoxy) is 1. The number of hydrogen-bond donors (Lipinski definition) is 3. The topological polar surface area (TPSA) is 96.5 Å². The summed E-state index contributed by atoms with van der Waals surface area (Å²) in [5.74, 6) is -0.290. The van der Waals surface area contributed by atoms with Crippen molar-refractivity contribution in [3.8, 4) is 0 Å². The zero-order valence-corrected chi connectivity index (χ0v) is 16.8. The summed E-state index contributed by atoms with van der Waals surface area (Å²) in [7, 11) is 0. The molecule has 0 unspecified atom stereocenters. The van der Waals surface area contributed by atoms with Crippen molar-refractivity contribution in [2.75, 3.05) is 17.2 Å². The molecule has 0 atom stereocenters. The summed E-state index contributed by atoms with van der Waals surface area (Å²) in [6, 6.07) is 6.99. The van der Waals surface area contributed by atoms with Gasteiger partial charge in [-0.15, -0.1) is 0 Å². The molecule has 0 aliphatic carbocycles. The lowest BCUT2D eigenvalue weighted by molar-refractivity contribution is -0.120. The van der Waals surface area contributed by atoms with E-state index in [1.165, 1.54) is 0 Å². The lowest BCUT2D eigenvalue weighted by Gasteiger charge is -2.19. The van der Waals surface area contributed by atoms with E-state index in [1.807, 2.05) is 13.8 Å².